The Hall–Kier alpha value is -1.40. The summed E-state index contributed by atoms with van der Waals surface area (Å²) in [7, 11) is 1.53. The Balaban J connectivity index is 2.58. The predicted octanol–water partition coefficient (Wildman–Crippen LogP) is 2.45. The molecule has 0 aliphatic rings. The number of hydrogen-bond acceptors (Lipinski definition) is 3. The smallest absolute Gasteiger partial charge is 0.128 e. The van der Waals surface area contributed by atoms with Crippen molar-refractivity contribution >= 4 is 15.9 Å². The van der Waals surface area contributed by atoms with E-state index in [1.807, 2.05) is 0 Å². The molecule has 0 radical (unpaired) electrons. The molecule has 0 aliphatic carbocycles. The number of benzene rings is 1. The van der Waals surface area contributed by atoms with Gasteiger partial charge < -0.3 is 15.5 Å². The second kappa shape index (κ2) is 4.85. The molecule has 0 saturated heterocycles. The van der Waals surface area contributed by atoms with Crippen molar-refractivity contribution in [2.75, 3.05) is 7.11 Å². The van der Waals surface area contributed by atoms with Gasteiger partial charge in [0.15, 0.2) is 0 Å². The first-order valence-corrected chi connectivity index (χ1v) is 5.73. The third-order valence-electron chi connectivity index (χ3n) is 2.32. The zero-order valence-corrected chi connectivity index (χ0v) is 10.7. The van der Waals surface area contributed by atoms with Crippen molar-refractivity contribution in [2.45, 2.75) is 6.54 Å². The van der Waals surface area contributed by atoms with Crippen molar-refractivity contribution in [3.05, 3.63) is 34.4 Å². The van der Waals surface area contributed by atoms with E-state index in [0.717, 1.165) is 0 Å². The van der Waals surface area contributed by atoms with Crippen LogP contribution >= 0.6 is 15.9 Å². The van der Waals surface area contributed by atoms with Crippen LogP contribution in [0.15, 0.2) is 22.8 Å². The number of hydrogen-bond donors (Lipinski definition) is 2. The van der Waals surface area contributed by atoms with Crippen LogP contribution in [-0.4, -0.2) is 17.1 Å². The molecule has 4 nitrogen and oxygen atoms in total. The Bertz CT molecular complexity index is 542. The number of H-pyrrole nitrogens is 1. The first kappa shape index (κ1) is 12.1. The van der Waals surface area contributed by atoms with Crippen molar-refractivity contribution in [1.29, 1.82) is 0 Å². The number of methoxy groups -OCH3 is 1. The van der Waals surface area contributed by atoms with E-state index in [0.29, 0.717) is 27.4 Å². The van der Waals surface area contributed by atoms with Crippen LogP contribution in [0.2, 0.25) is 0 Å². The maximum atomic E-state index is 13.3. The average Bonchev–Trinajstić information content (AvgIpc) is 2.70. The number of aromatic amines is 1. The largest absolute Gasteiger partial charge is 0.496 e. The van der Waals surface area contributed by atoms with E-state index in [4.69, 9.17) is 10.5 Å². The van der Waals surface area contributed by atoms with E-state index in [9.17, 15) is 4.39 Å². The third-order valence-corrected chi connectivity index (χ3v) is 2.89. The van der Waals surface area contributed by atoms with E-state index in [1.165, 1.54) is 19.2 Å². The van der Waals surface area contributed by atoms with E-state index in [2.05, 4.69) is 25.9 Å². The normalized spacial score (nSPS) is 10.6. The number of halogens is 2. The molecule has 0 aliphatic heterocycles. The highest BCUT2D eigenvalue weighted by molar-refractivity contribution is 9.10. The van der Waals surface area contributed by atoms with Gasteiger partial charge in [-0.25, -0.2) is 9.37 Å². The van der Waals surface area contributed by atoms with E-state index in [-0.39, 0.29) is 12.4 Å². The van der Waals surface area contributed by atoms with Gasteiger partial charge in [0.05, 0.1) is 13.7 Å². The van der Waals surface area contributed by atoms with Crippen molar-refractivity contribution in [2.24, 2.45) is 5.73 Å². The lowest BCUT2D eigenvalue weighted by Crippen LogP contribution is -1.98. The fraction of sp³-hybridized carbons (Fsp3) is 0.182. The molecule has 0 bridgehead atoms. The standard InChI is InChI=1S/C11H11BrFN3O/c1-17-8-3-2-6(13)4-7(8)10-11(12)16-9(5-14)15-10/h2-4H,5,14H2,1H3,(H,15,16). The molecule has 0 atom stereocenters. The minimum atomic E-state index is -0.343. The van der Waals surface area contributed by atoms with Crippen LogP contribution in [0.3, 0.4) is 0 Å². The number of ether oxygens (including phenoxy) is 1. The molecular weight excluding hydrogens is 289 g/mol. The lowest BCUT2D eigenvalue weighted by atomic mass is 10.1. The summed E-state index contributed by atoms with van der Waals surface area (Å²) < 4.78 is 19.1. The number of nitrogens with one attached hydrogen (secondary N) is 1. The van der Waals surface area contributed by atoms with Crippen LogP contribution in [0.4, 0.5) is 4.39 Å². The Morgan fingerprint density at radius 1 is 1.53 bits per heavy atom. The molecule has 2 aromatic rings. The van der Waals surface area contributed by atoms with Gasteiger partial charge in [-0.2, -0.15) is 0 Å². The van der Waals surface area contributed by atoms with Gasteiger partial charge in [-0.1, -0.05) is 0 Å². The fourth-order valence-electron chi connectivity index (χ4n) is 1.54. The molecule has 2 rings (SSSR count). The molecule has 1 aromatic heterocycles. The van der Waals surface area contributed by atoms with Crippen molar-refractivity contribution in [3.8, 4) is 17.0 Å². The van der Waals surface area contributed by atoms with Gasteiger partial charge >= 0.3 is 0 Å². The molecule has 1 heterocycles. The van der Waals surface area contributed by atoms with Crippen molar-refractivity contribution in [1.82, 2.24) is 9.97 Å². The first-order valence-electron chi connectivity index (χ1n) is 4.94. The Labute approximate surface area is 106 Å². The van der Waals surface area contributed by atoms with Crippen LogP contribution < -0.4 is 10.5 Å². The van der Waals surface area contributed by atoms with Gasteiger partial charge in [0, 0.05) is 5.56 Å². The SMILES string of the molecule is COc1ccc(F)cc1-c1nc(CN)[nH]c1Br. The summed E-state index contributed by atoms with van der Waals surface area (Å²) in [6.07, 6.45) is 0. The van der Waals surface area contributed by atoms with Crippen molar-refractivity contribution < 1.29 is 9.13 Å². The molecule has 0 saturated carbocycles. The molecule has 0 amide bonds. The minimum absolute atomic E-state index is 0.288. The number of rotatable bonds is 3. The molecule has 17 heavy (non-hydrogen) atoms. The van der Waals surface area contributed by atoms with Gasteiger partial charge in [0.25, 0.3) is 0 Å². The molecular formula is C11H11BrFN3O. The topological polar surface area (TPSA) is 63.9 Å². The summed E-state index contributed by atoms with van der Waals surface area (Å²) in [4.78, 5) is 7.24. The highest BCUT2D eigenvalue weighted by Crippen LogP contribution is 2.33. The number of imidazole rings is 1. The summed E-state index contributed by atoms with van der Waals surface area (Å²) in [5, 5.41) is 0. The monoisotopic (exact) mass is 299 g/mol. The quantitative estimate of drug-likeness (QED) is 0.915. The lowest BCUT2D eigenvalue weighted by Gasteiger charge is -2.06. The number of nitrogens with zero attached hydrogens (tertiary/aromatic N) is 1. The summed E-state index contributed by atoms with van der Waals surface area (Å²) in [5.74, 6) is 0.838. The second-order valence-corrected chi connectivity index (χ2v) is 4.19. The Morgan fingerprint density at radius 2 is 2.29 bits per heavy atom. The molecule has 6 heteroatoms. The van der Waals surface area contributed by atoms with Gasteiger partial charge in [0.1, 0.15) is 27.7 Å². The molecule has 0 fully saturated rings. The van der Waals surface area contributed by atoms with Crippen LogP contribution in [0.25, 0.3) is 11.3 Å². The fourth-order valence-corrected chi connectivity index (χ4v) is 2.07. The summed E-state index contributed by atoms with van der Waals surface area (Å²) in [5.41, 5.74) is 6.65. The Morgan fingerprint density at radius 3 is 2.88 bits per heavy atom. The van der Waals surface area contributed by atoms with E-state index in [1.54, 1.807) is 6.07 Å². The maximum Gasteiger partial charge on any atom is 0.128 e. The zero-order valence-electron chi connectivity index (χ0n) is 9.13. The minimum Gasteiger partial charge on any atom is -0.496 e. The highest BCUT2D eigenvalue weighted by Gasteiger charge is 2.14. The van der Waals surface area contributed by atoms with E-state index >= 15 is 0 Å². The maximum absolute atomic E-state index is 13.3. The molecule has 90 valence electrons. The molecule has 0 spiro atoms. The van der Waals surface area contributed by atoms with Gasteiger partial charge in [-0.05, 0) is 34.1 Å². The summed E-state index contributed by atoms with van der Waals surface area (Å²) in [6, 6.07) is 4.28. The van der Waals surface area contributed by atoms with Crippen LogP contribution in [0.1, 0.15) is 5.82 Å². The van der Waals surface area contributed by atoms with E-state index < -0.39 is 0 Å². The lowest BCUT2D eigenvalue weighted by molar-refractivity contribution is 0.415. The van der Waals surface area contributed by atoms with Crippen molar-refractivity contribution in [3.63, 3.8) is 0 Å². The van der Waals surface area contributed by atoms with Gasteiger partial charge in [-0.15, -0.1) is 0 Å². The number of aromatic nitrogens is 2. The third kappa shape index (κ3) is 2.32. The van der Waals surface area contributed by atoms with Crippen LogP contribution in [0, 0.1) is 5.82 Å². The Kier molecular flexibility index (Phi) is 3.44. The van der Waals surface area contributed by atoms with Crippen LogP contribution in [0.5, 0.6) is 5.75 Å². The van der Waals surface area contributed by atoms with Gasteiger partial charge in [-0.3, -0.25) is 0 Å². The predicted molar refractivity (Wildman–Crippen MR) is 66.1 cm³/mol. The molecule has 0 unspecified atom stereocenters. The summed E-state index contributed by atoms with van der Waals surface area (Å²) in [6.45, 7) is 0.288. The first-order chi connectivity index (χ1) is 8.15. The zero-order chi connectivity index (χ0) is 12.4. The average molecular weight is 300 g/mol. The number of nitrogens with two attached hydrogens (primary N) is 1. The second-order valence-electron chi connectivity index (χ2n) is 3.39. The molecule has 3 N–H and O–H groups in total. The highest BCUT2D eigenvalue weighted by atomic mass is 79.9. The summed E-state index contributed by atoms with van der Waals surface area (Å²) >= 11 is 3.33. The van der Waals surface area contributed by atoms with Crippen LogP contribution in [-0.2, 0) is 6.54 Å². The van der Waals surface area contributed by atoms with Gasteiger partial charge in [0.2, 0.25) is 0 Å². The molecule has 1 aromatic carbocycles.